The first kappa shape index (κ1) is 18.1. The Hall–Kier alpha value is 0.0969. The smallest absolute Gasteiger partial charge is 0.386 e. The Bertz CT molecular complexity index is 240. The highest BCUT2D eigenvalue weighted by Crippen LogP contribution is 2.47. The Balaban J connectivity index is 5.62. The maximum atomic E-state index is 6.03. The van der Waals surface area contributed by atoms with E-state index in [1.807, 2.05) is 14.2 Å². The molecular weight excluding hydrogens is 242 g/mol. The van der Waals surface area contributed by atoms with E-state index in [1.54, 1.807) is 0 Å². The molecule has 0 aromatic carbocycles. The minimum atomic E-state index is -2.41. The summed E-state index contributed by atoms with van der Waals surface area (Å²) in [6.45, 7) is 16.7. The molecule has 0 rings (SSSR count). The lowest BCUT2D eigenvalue weighted by molar-refractivity contribution is 0.104. The van der Waals surface area contributed by atoms with E-state index in [4.69, 9.17) is 8.85 Å². The molecule has 0 fully saturated rings. The molecule has 0 aromatic heterocycles. The number of nitrogens with zero attached hydrogens (tertiary/aromatic N) is 1. The van der Waals surface area contributed by atoms with Gasteiger partial charge in [0, 0.05) is 25.3 Å². The Morgan fingerprint density at radius 1 is 1.06 bits per heavy atom. The average Bonchev–Trinajstić information content (AvgIpc) is 2.34. The summed E-state index contributed by atoms with van der Waals surface area (Å²) >= 11 is 0. The van der Waals surface area contributed by atoms with E-state index in [0.29, 0.717) is 12.0 Å². The predicted octanol–water partition coefficient (Wildman–Crippen LogP) is 3.77. The van der Waals surface area contributed by atoms with E-state index in [9.17, 15) is 0 Å². The van der Waals surface area contributed by atoms with E-state index >= 15 is 0 Å². The standard InChI is InChI=1S/C14H33NO2Si/c1-10-13(5)15(11-2)18(16-8,17-9)14(6,7)12(3)4/h12-13H,10-11H2,1-9H3. The zero-order chi connectivity index (χ0) is 14.6. The van der Waals surface area contributed by atoms with Gasteiger partial charge in [-0.15, -0.1) is 0 Å². The highest BCUT2D eigenvalue weighted by molar-refractivity contribution is 6.67. The number of hydrogen-bond donors (Lipinski definition) is 0. The monoisotopic (exact) mass is 275 g/mol. The molecule has 0 saturated heterocycles. The molecule has 0 aliphatic heterocycles. The molecule has 0 aromatic rings. The topological polar surface area (TPSA) is 21.7 Å². The molecule has 110 valence electrons. The van der Waals surface area contributed by atoms with Crippen molar-refractivity contribution in [3.8, 4) is 0 Å². The molecule has 0 saturated carbocycles. The van der Waals surface area contributed by atoms with E-state index in [0.717, 1.165) is 13.0 Å². The maximum absolute atomic E-state index is 6.03. The molecule has 0 aliphatic carbocycles. The molecule has 0 heterocycles. The van der Waals surface area contributed by atoms with Crippen molar-refractivity contribution in [2.45, 2.75) is 66.0 Å². The van der Waals surface area contributed by atoms with E-state index in [2.05, 4.69) is 53.0 Å². The summed E-state index contributed by atoms with van der Waals surface area (Å²) in [6, 6.07) is 0.486. The lowest BCUT2D eigenvalue weighted by Gasteiger charge is -2.51. The van der Waals surface area contributed by atoms with Crippen LogP contribution >= 0.6 is 0 Å². The molecule has 1 atom stereocenters. The summed E-state index contributed by atoms with van der Waals surface area (Å²) in [4.78, 5) is 0. The highest BCUT2D eigenvalue weighted by Gasteiger charge is 2.58. The van der Waals surface area contributed by atoms with Crippen LogP contribution in [0.4, 0.5) is 0 Å². The van der Waals surface area contributed by atoms with Crippen LogP contribution in [0, 0.1) is 5.92 Å². The quantitative estimate of drug-likeness (QED) is 0.629. The normalized spacial score (nSPS) is 15.5. The summed E-state index contributed by atoms with van der Waals surface area (Å²) in [7, 11) is 1.21. The molecular formula is C14H33NO2Si. The van der Waals surface area contributed by atoms with Gasteiger partial charge >= 0.3 is 8.72 Å². The zero-order valence-corrected chi connectivity index (χ0v) is 14.8. The summed E-state index contributed by atoms with van der Waals surface area (Å²) in [6.07, 6.45) is 1.11. The van der Waals surface area contributed by atoms with E-state index in [1.165, 1.54) is 0 Å². The van der Waals surface area contributed by atoms with Crippen molar-refractivity contribution in [2.75, 3.05) is 20.8 Å². The van der Waals surface area contributed by atoms with Crippen LogP contribution in [0.5, 0.6) is 0 Å². The second kappa shape index (κ2) is 7.03. The first-order valence-electron chi connectivity index (χ1n) is 7.12. The van der Waals surface area contributed by atoms with Gasteiger partial charge in [0.25, 0.3) is 0 Å². The largest absolute Gasteiger partial charge is 0.433 e. The van der Waals surface area contributed by atoms with Gasteiger partial charge in [-0.25, -0.2) is 0 Å². The van der Waals surface area contributed by atoms with Crippen LogP contribution in [0.15, 0.2) is 0 Å². The van der Waals surface area contributed by atoms with Crippen LogP contribution in [0.25, 0.3) is 0 Å². The van der Waals surface area contributed by atoms with Crippen molar-refractivity contribution in [1.82, 2.24) is 4.57 Å². The minimum absolute atomic E-state index is 0.0376. The molecule has 0 N–H and O–H groups in total. The third-order valence-corrected chi connectivity index (χ3v) is 9.48. The first-order chi connectivity index (χ1) is 8.24. The number of rotatable bonds is 8. The van der Waals surface area contributed by atoms with Gasteiger partial charge in [-0.2, -0.15) is 0 Å². The Morgan fingerprint density at radius 3 is 1.72 bits per heavy atom. The zero-order valence-electron chi connectivity index (χ0n) is 13.8. The molecule has 0 amide bonds. The lowest BCUT2D eigenvalue weighted by atomic mass is 9.99. The van der Waals surface area contributed by atoms with Gasteiger partial charge in [-0.1, -0.05) is 48.5 Å². The maximum Gasteiger partial charge on any atom is 0.433 e. The fourth-order valence-electron chi connectivity index (χ4n) is 2.61. The molecule has 0 bridgehead atoms. The third kappa shape index (κ3) is 2.98. The van der Waals surface area contributed by atoms with Crippen LogP contribution in [0.2, 0.25) is 5.04 Å². The summed E-state index contributed by atoms with van der Waals surface area (Å²) in [5, 5.41) is 0.0376. The van der Waals surface area contributed by atoms with Crippen molar-refractivity contribution >= 4 is 8.72 Å². The van der Waals surface area contributed by atoms with E-state index < -0.39 is 8.72 Å². The summed E-state index contributed by atoms with van der Waals surface area (Å²) in [5.41, 5.74) is 0. The minimum Gasteiger partial charge on any atom is -0.386 e. The number of hydrogen-bond acceptors (Lipinski definition) is 3. The molecule has 3 nitrogen and oxygen atoms in total. The van der Waals surface area contributed by atoms with E-state index in [-0.39, 0.29) is 5.04 Å². The Labute approximate surface area is 115 Å². The van der Waals surface area contributed by atoms with Crippen LogP contribution in [0.3, 0.4) is 0 Å². The van der Waals surface area contributed by atoms with Gasteiger partial charge in [0.05, 0.1) is 0 Å². The van der Waals surface area contributed by atoms with Crippen molar-refractivity contribution < 1.29 is 8.85 Å². The molecule has 0 radical (unpaired) electrons. The van der Waals surface area contributed by atoms with Gasteiger partial charge < -0.3 is 8.85 Å². The van der Waals surface area contributed by atoms with Gasteiger partial charge in [-0.05, 0) is 18.9 Å². The Kier molecular flexibility index (Phi) is 7.07. The van der Waals surface area contributed by atoms with Crippen molar-refractivity contribution in [3.63, 3.8) is 0 Å². The van der Waals surface area contributed by atoms with Crippen molar-refractivity contribution in [1.29, 1.82) is 0 Å². The predicted molar refractivity (Wildman–Crippen MR) is 80.8 cm³/mol. The van der Waals surface area contributed by atoms with Crippen molar-refractivity contribution in [2.24, 2.45) is 5.92 Å². The molecule has 1 unspecified atom stereocenters. The fourth-order valence-corrected chi connectivity index (χ4v) is 6.95. The van der Waals surface area contributed by atoms with Crippen LogP contribution in [-0.4, -0.2) is 40.1 Å². The summed E-state index contributed by atoms with van der Waals surface area (Å²) in [5.74, 6) is 0.516. The van der Waals surface area contributed by atoms with Gasteiger partial charge in [0.2, 0.25) is 0 Å². The van der Waals surface area contributed by atoms with Gasteiger partial charge in [-0.3, -0.25) is 4.57 Å². The molecule has 4 heteroatoms. The molecule has 0 spiro atoms. The van der Waals surface area contributed by atoms with Crippen molar-refractivity contribution in [3.05, 3.63) is 0 Å². The van der Waals surface area contributed by atoms with Crippen LogP contribution in [0.1, 0.15) is 54.9 Å². The van der Waals surface area contributed by atoms with Crippen LogP contribution < -0.4 is 0 Å². The molecule has 0 aliphatic rings. The average molecular weight is 276 g/mol. The van der Waals surface area contributed by atoms with Gasteiger partial charge in [0.1, 0.15) is 0 Å². The first-order valence-corrected chi connectivity index (χ1v) is 8.88. The SMILES string of the molecule is CCC(C)N(CC)[Si](OC)(OC)C(C)(C)C(C)C. The fraction of sp³-hybridized carbons (Fsp3) is 1.00. The van der Waals surface area contributed by atoms with Gasteiger partial charge in [0.15, 0.2) is 0 Å². The second-order valence-electron chi connectivity index (χ2n) is 5.91. The van der Waals surface area contributed by atoms with Crippen LogP contribution in [-0.2, 0) is 8.85 Å². The highest BCUT2D eigenvalue weighted by atomic mass is 28.4. The second-order valence-corrected chi connectivity index (χ2v) is 9.75. The lowest BCUT2D eigenvalue weighted by Crippen LogP contribution is -2.67. The molecule has 18 heavy (non-hydrogen) atoms. The summed E-state index contributed by atoms with van der Waals surface area (Å²) < 4.78 is 14.5. The third-order valence-electron chi connectivity index (χ3n) is 4.65. The Morgan fingerprint density at radius 2 is 1.50 bits per heavy atom.